The minimum Gasteiger partial charge on any atom is -0.463 e. The van der Waals surface area contributed by atoms with E-state index >= 15 is 0 Å². The SMILES string of the molecule is CCOC(=O)C1=C(CSc2nc(-c3ccncc3)ccc2C#N)OC(N)=C(C#N)[C@@H]1c1cccnc1. The van der Waals surface area contributed by atoms with Crippen molar-refractivity contribution in [3.8, 4) is 23.4 Å². The highest BCUT2D eigenvalue weighted by Crippen LogP contribution is 2.41. The summed E-state index contributed by atoms with van der Waals surface area (Å²) in [5.74, 6) is -1.19. The number of pyridine rings is 3. The van der Waals surface area contributed by atoms with Crippen molar-refractivity contribution >= 4 is 17.7 Å². The molecule has 0 aliphatic carbocycles. The number of nitriles is 2. The molecule has 10 heteroatoms. The monoisotopic (exact) mass is 496 g/mol. The fourth-order valence-corrected chi connectivity index (χ4v) is 4.60. The molecule has 4 rings (SSSR count). The zero-order valence-electron chi connectivity index (χ0n) is 19.2. The van der Waals surface area contributed by atoms with Gasteiger partial charge in [0.1, 0.15) is 28.5 Å². The number of esters is 1. The lowest BCUT2D eigenvalue weighted by Crippen LogP contribution is -2.27. The molecule has 0 amide bonds. The predicted molar refractivity (Wildman–Crippen MR) is 131 cm³/mol. The maximum atomic E-state index is 13.1. The summed E-state index contributed by atoms with van der Waals surface area (Å²) in [6, 6.07) is 14.8. The molecule has 1 aliphatic heterocycles. The summed E-state index contributed by atoms with van der Waals surface area (Å²) in [4.78, 5) is 25.9. The van der Waals surface area contributed by atoms with Gasteiger partial charge in [0.05, 0.1) is 35.1 Å². The molecule has 0 bridgehead atoms. The lowest BCUT2D eigenvalue weighted by atomic mass is 9.84. The predicted octanol–water partition coefficient (Wildman–Crippen LogP) is 3.83. The molecule has 0 unspecified atom stereocenters. The fraction of sp³-hybridized carbons (Fsp3) is 0.154. The number of hydrogen-bond donors (Lipinski definition) is 1. The van der Waals surface area contributed by atoms with Crippen LogP contribution in [0.1, 0.15) is 24.0 Å². The molecule has 36 heavy (non-hydrogen) atoms. The molecule has 0 aromatic carbocycles. The average Bonchev–Trinajstić information content (AvgIpc) is 2.92. The van der Waals surface area contributed by atoms with Crippen LogP contribution in [0.15, 0.2) is 89.0 Å². The second-order valence-electron chi connectivity index (χ2n) is 7.45. The molecular weight excluding hydrogens is 476 g/mol. The van der Waals surface area contributed by atoms with Crippen LogP contribution in [0.3, 0.4) is 0 Å². The van der Waals surface area contributed by atoms with Gasteiger partial charge in [-0.2, -0.15) is 10.5 Å². The number of carbonyl (C=O) groups is 1. The second-order valence-corrected chi connectivity index (χ2v) is 8.42. The van der Waals surface area contributed by atoms with Gasteiger partial charge in [-0.15, -0.1) is 0 Å². The summed E-state index contributed by atoms with van der Waals surface area (Å²) in [6.07, 6.45) is 6.49. The van der Waals surface area contributed by atoms with E-state index in [2.05, 4.69) is 27.1 Å². The van der Waals surface area contributed by atoms with E-state index in [0.29, 0.717) is 21.8 Å². The van der Waals surface area contributed by atoms with E-state index in [1.165, 1.54) is 11.8 Å². The van der Waals surface area contributed by atoms with Crippen molar-refractivity contribution in [2.75, 3.05) is 12.4 Å². The summed E-state index contributed by atoms with van der Waals surface area (Å²) in [5.41, 5.74) is 8.85. The van der Waals surface area contributed by atoms with Gasteiger partial charge in [0.2, 0.25) is 5.88 Å². The molecule has 0 saturated heterocycles. The largest absolute Gasteiger partial charge is 0.463 e. The van der Waals surface area contributed by atoms with E-state index < -0.39 is 11.9 Å². The van der Waals surface area contributed by atoms with Crippen LogP contribution in [0.2, 0.25) is 0 Å². The van der Waals surface area contributed by atoms with Crippen LogP contribution >= 0.6 is 11.8 Å². The van der Waals surface area contributed by atoms with Crippen LogP contribution < -0.4 is 5.73 Å². The van der Waals surface area contributed by atoms with E-state index in [4.69, 9.17) is 15.2 Å². The minimum absolute atomic E-state index is 0.0929. The van der Waals surface area contributed by atoms with Crippen molar-refractivity contribution in [3.63, 3.8) is 0 Å². The summed E-state index contributed by atoms with van der Waals surface area (Å²) in [6.45, 7) is 1.83. The van der Waals surface area contributed by atoms with Gasteiger partial charge in [-0.05, 0) is 42.8 Å². The first-order valence-electron chi connectivity index (χ1n) is 10.9. The summed E-state index contributed by atoms with van der Waals surface area (Å²) < 4.78 is 11.1. The maximum absolute atomic E-state index is 13.1. The Morgan fingerprint density at radius 3 is 2.61 bits per heavy atom. The Balaban J connectivity index is 1.75. The molecule has 4 heterocycles. The maximum Gasteiger partial charge on any atom is 0.338 e. The summed E-state index contributed by atoms with van der Waals surface area (Å²) in [7, 11) is 0. The van der Waals surface area contributed by atoms with Crippen LogP contribution in [-0.2, 0) is 14.3 Å². The van der Waals surface area contributed by atoms with Gasteiger partial charge < -0.3 is 15.2 Å². The first kappa shape index (κ1) is 24.5. The van der Waals surface area contributed by atoms with E-state index in [0.717, 1.165) is 5.56 Å². The first-order valence-corrected chi connectivity index (χ1v) is 11.9. The fourth-order valence-electron chi connectivity index (χ4n) is 3.69. The van der Waals surface area contributed by atoms with Crippen LogP contribution in [0.4, 0.5) is 0 Å². The number of nitrogens with two attached hydrogens (primary N) is 1. The minimum atomic E-state index is -0.807. The number of nitrogens with zero attached hydrogens (tertiary/aromatic N) is 5. The molecule has 0 fully saturated rings. The molecule has 0 spiro atoms. The molecule has 3 aromatic heterocycles. The molecule has 2 N–H and O–H groups in total. The van der Waals surface area contributed by atoms with Gasteiger partial charge in [-0.1, -0.05) is 17.8 Å². The van der Waals surface area contributed by atoms with E-state index in [1.54, 1.807) is 56.0 Å². The Labute approximate surface area is 211 Å². The van der Waals surface area contributed by atoms with Crippen molar-refractivity contribution in [2.24, 2.45) is 5.73 Å². The normalized spacial score (nSPS) is 15.0. The Kier molecular flexibility index (Phi) is 7.59. The molecule has 0 radical (unpaired) electrons. The van der Waals surface area contributed by atoms with Gasteiger partial charge in [0.25, 0.3) is 0 Å². The Bertz CT molecular complexity index is 1430. The van der Waals surface area contributed by atoms with Crippen molar-refractivity contribution in [1.29, 1.82) is 10.5 Å². The van der Waals surface area contributed by atoms with Gasteiger partial charge in [-0.25, -0.2) is 9.78 Å². The number of ether oxygens (including phenoxy) is 2. The zero-order valence-corrected chi connectivity index (χ0v) is 20.0. The molecule has 1 atom stereocenters. The summed E-state index contributed by atoms with van der Waals surface area (Å²) >= 11 is 1.22. The second kappa shape index (κ2) is 11.2. The van der Waals surface area contributed by atoms with Gasteiger partial charge >= 0.3 is 5.97 Å². The Morgan fingerprint density at radius 1 is 1.14 bits per heavy atom. The number of thioether (sulfide) groups is 1. The topological polar surface area (TPSA) is 148 Å². The van der Waals surface area contributed by atoms with Crippen LogP contribution in [0.25, 0.3) is 11.3 Å². The van der Waals surface area contributed by atoms with Crippen molar-refractivity contribution < 1.29 is 14.3 Å². The van der Waals surface area contributed by atoms with Crippen LogP contribution in [-0.4, -0.2) is 33.3 Å². The zero-order chi connectivity index (χ0) is 25.5. The van der Waals surface area contributed by atoms with Gasteiger partial charge in [0.15, 0.2) is 0 Å². The highest BCUT2D eigenvalue weighted by atomic mass is 32.2. The van der Waals surface area contributed by atoms with E-state index in [9.17, 15) is 15.3 Å². The van der Waals surface area contributed by atoms with Crippen LogP contribution in [0, 0.1) is 22.7 Å². The highest BCUT2D eigenvalue weighted by Gasteiger charge is 2.37. The van der Waals surface area contributed by atoms with Crippen molar-refractivity contribution in [2.45, 2.75) is 17.9 Å². The average molecular weight is 497 g/mol. The third-order valence-corrected chi connectivity index (χ3v) is 6.30. The van der Waals surface area contributed by atoms with Crippen molar-refractivity contribution in [1.82, 2.24) is 15.0 Å². The molecule has 9 nitrogen and oxygen atoms in total. The number of hydrogen-bond acceptors (Lipinski definition) is 10. The summed E-state index contributed by atoms with van der Waals surface area (Å²) in [5, 5.41) is 19.9. The standard InChI is InChI=1S/C26H20N6O3S/c1-2-34-26(33)23-21(35-24(29)19(13-28)22(23)18-4-3-9-31-14-18)15-36-25-17(12-27)5-6-20(32-25)16-7-10-30-11-8-16/h3-11,14,22H,2,15,29H2,1H3/t22-/m0/s1. The Hall–Kier alpha value is -4.67. The third-order valence-electron chi connectivity index (χ3n) is 5.31. The quantitative estimate of drug-likeness (QED) is 0.378. The van der Waals surface area contributed by atoms with Gasteiger partial charge in [-0.3, -0.25) is 9.97 Å². The molecule has 0 saturated carbocycles. The first-order chi connectivity index (χ1) is 17.6. The van der Waals surface area contributed by atoms with E-state index in [1.807, 2.05) is 12.1 Å². The van der Waals surface area contributed by atoms with Crippen LogP contribution in [0.5, 0.6) is 0 Å². The smallest absolute Gasteiger partial charge is 0.338 e. The molecular formula is C26H20N6O3S. The number of carbonyl (C=O) groups excluding carboxylic acids is 1. The lowest BCUT2D eigenvalue weighted by molar-refractivity contribution is -0.139. The Morgan fingerprint density at radius 2 is 1.94 bits per heavy atom. The molecule has 178 valence electrons. The number of allylic oxidation sites excluding steroid dienone is 1. The number of aromatic nitrogens is 3. The molecule has 1 aliphatic rings. The van der Waals surface area contributed by atoms with E-state index in [-0.39, 0.29) is 35.1 Å². The lowest BCUT2D eigenvalue weighted by Gasteiger charge is -2.27. The molecule has 3 aromatic rings. The third kappa shape index (κ3) is 5.04. The van der Waals surface area contributed by atoms with Crippen molar-refractivity contribution in [3.05, 3.63) is 95.1 Å². The highest BCUT2D eigenvalue weighted by molar-refractivity contribution is 7.99. The van der Waals surface area contributed by atoms with Gasteiger partial charge in [0, 0.05) is 30.4 Å². The number of rotatable bonds is 7.